The van der Waals surface area contributed by atoms with E-state index < -0.39 is 11.7 Å². The van der Waals surface area contributed by atoms with Gasteiger partial charge in [-0.3, -0.25) is 4.57 Å². The smallest absolute Gasteiger partial charge is 0.384 e. The normalized spacial score (nSPS) is 11.5. The maximum Gasteiger partial charge on any atom is 0.418 e. The van der Waals surface area contributed by atoms with E-state index in [4.69, 9.17) is 11.0 Å². The Bertz CT molecular complexity index is 801. The predicted octanol–water partition coefficient (Wildman–Crippen LogP) is 5.09. The van der Waals surface area contributed by atoms with E-state index >= 15 is 0 Å². The van der Waals surface area contributed by atoms with Gasteiger partial charge in [-0.05, 0) is 47.5 Å². The first-order valence-electron chi connectivity index (χ1n) is 6.03. The number of hydrogen-bond donors (Lipinski definition) is 1. The van der Waals surface area contributed by atoms with Gasteiger partial charge in [0.05, 0.1) is 16.8 Å². The minimum Gasteiger partial charge on any atom is -0.384 e. The molecule has 0 radical (unpaired) electrons. The molecule has 1 heterocycles. The molecule has 116 valence electrons. The number of benzene rings is 1. The lowest BCUT2D eigenvalue weighted by atomic mass is 10.1. The number of aromatic nitrogens is 1. The third kappa shape index (κ3) is 2.63. The molecular formula is C14H10Br2F3N3. The van der Waals surface area contributed by atoms with Gasteiger partial charge in [0.2, 0.25) is 0 Å². The van der Waals surface area contributed by atoms with Crippen molar-refractivity contribution >= 4 is 37.7 Å². The van der Waals surface area contributed by atoms with Crippen LogP contribution in [0.3, 0.4) is 0 Å². The molecule has 0 saturated heterocycles. The highest BCUT2D eigenvalue weighted by Crippen LogP contribution is 2.42. The second kappa shape index (κ2) is 5.63. The van der Waals surface area contributed by atoms with Crippen molar-refractivity contribution in [3.63, 3.8) is 0 Å². The zero-order valence-corrected chi connectivity index (χ0v) is 14.7. The summed E-state index contributed by atoms with van der Waals surface area (Å²) in [5, 5.41) is 9.14. The second-order valence-electron chi connectivity index (χ2n) is 4.70. The van der Waals surface area contributed by atoms with Crippen molar-refractivity contribution in [1.82, 2.24) is 4.57 Å². The zero-order valence-electron chi connectivity index (χ0n) is 11.5. The molecular weight excluding hydrogens is 427 g/mol. The van der Waals surface area contributed by atoms with Crippen LogP contribution in [0.5, 0.6) is 0 Å². The molecule has 0 aliphatic heterocycles. The molecule has 0 saturated carbocycles. The number of nitriles is 1. The summed E-state index contributed by atoms with van der Waals surface area (Å²) >= 11 is 6.22. The quantitative estimate of drug-likeness (QED) is 0.676. The SMILES string of the molecule is Cc1c(C#N)c(N)n(-c2c(Br)cc(Br)cc2C(F)(F)F)c1C. The largest absolute Gasteiger partial charge is 0.418 e. The molecule has 2 rings (SSSR count). The number of nitrogens with two attached hydrogens (primary N) is 1. The number of nitrogen functional groups attached to an aromatic ring is 1. The number of alkyl halides is 3. The van der Waals surface area contributed by atoms with E-state index in [9.17, 15) is 13.2 Å². The van der Waals surface area contributed by atoms with Gasteiger partial charge in [0.1, 0.15) is 11.9 Å². The highest BCUT2D eigenvalue weighted by atomic mass is 79.9. The van der Waals surface area contributed by atoms with Crippen LogP contribution in [-0.4, -0.2) is 4.57 Å². The number of hydrogen-bond acceptors (Lipinski definition) is 2. The van der Waals surface area contributed by atoms with Crippen molar-refractivity contribution in [3.8, 4) is 11.8 Å². The summed E-state index contributed by atoms with van der Waals surface area (Å²) in [7, 11) is 0. The van der Waals surface area contributed by atoms with Crippen molar-refractivity contribution < 1.29 is 13.2 Å². The van der Waals surface area contributed by atoms with Crippen LogP contribution in [0.15, 0.2) is 21.1 Å². The summed E-state index contributed by atoms with van der Waals surface area (Å²) in [6, 6.07) is 4.42. The zero-order chi connectivity index (χ0) is 16.8. The summed E-state index contributed by atoms with van der Waals surface area (Å²) in [5.41, 5.74) is 6.16. The molecule has 0 atom stereocenters. The molecule has 0 amide bonds. The predicted molar refractivity (Wildman–Crippen MR) is 84.8 cm³/mol. The molecule has 0 fully saturated rings. The minimum atomic E-state index is -4.56. The molecule has 0 aliphatic rings. The first kappa shape index (κ1) is 16.9. The second-order valence-corrected chi connectivity index (χ2v) is 6.47. The third-order valence-corrected chi connectivity index (χ3v) is 4.48. The van der Waals surface area contributed by atoms with Gasteiger partial charge in [-0.2, -0.15) is 18.4 Å². The molecule has 22 heavy (non-hydrogen) atoms. The Balaban J connectivity index is 2.94. The topological polar surface area (TPSA) is 54.7 Å². The van der Waals surface area contributed by atoms with Crippen molar-refractivity contribution in [2.45, 2.75) is 20.0 Å². The van der Waals surface area contributed by atoms with Gasteiger partial charge in [-0.1, -0.05) is 15.9 Å². The maximum absolute atomic E-state index is 13.4. The number of anilines is 1. The van der Waals surface area contributed by atoms with Crippen LogP contribution in [0, 0.1) is 25.2 Å². The van der Waals surface area contributed by atoms with E-state index in [1.54, 1.807) is 13.8 Å². The average Bonchev–Trinajstić information content (AvgIpc) is 2.59. The fourth-order valence-corrected chi connectivity index (χ4v) is 3.67. The number of rotatable bonds is 1. The molecule has 0 spiro atoms. The fourth-order valence-electron chi connectivity index (χ4n) is 2.27. The summed E-state index contributed by atoms with van der Waals surface area (Å²) in [5.74, 6) is -0.00831. The van der Waals surface area contributed by atoms with Gasteiger partial charge in [-0.15, -0.1) is 0 Å². The van der Waals surface area contributed by atoms with Crippen LogP contribution in [0.25, 0.3) is 5.69 Å². The monoisotopic (exact) mass is 435 g/mol. The maximum atomic E-state index is 13.4. The van der Waals surface area contributed by atoms with Crippen LogP contribution in [0.4, 0.5) is 19.0 Å². The molecule has 1 aromatic carbocycles. The first-order chi connectivity index (χ1) is 10.1. The molecule has 8 heteroatoms. The van der Waals surface area contributed by atoms with Gasteiger partial charge in [-0.25, -0.2) is 0 Å². The Labute approximate surface area is 141 Å². The lowest BCUT2D eigenvalue weighted by Gasteiger charge is -2.19. The lowest BCUT2D eigenvalue weighted by molar-refractivity contribution is -0.137. The van der Waals surface area contributed by atoms with Crippen LogP contribution < -0.4 is 5.73 Å². The average molecular weight is 437 g/mol. The van der Waals surface area contributed by atoms with Crippen LogP contribution in [-0.2, 0) is 6.18 Å². The Morgan fingerprint density at radius 2 is 1.82 bits per heavy atom. The molecule has 0 aliphatic carbocycles. The molecule has 3 nitrogen and oxygen atoms in total. The first-order valence-corrected chi connectivity index (χ1v) is 7.62. The van der Waals surface area contributed by atoms with Gasteiger partial charge >= 0.3 is 6.18 Å². The van der Waals surface area contributed by atoms with Crippen LogP contribution in [0.2, 0.25) is 0 Å². The summed E-state index contributed by atoms with van der Waals surface area (Å²) < 4.78 is 41.9. The molecule has 0 unspecified atom stereocenters. The van der Waals surface area contributed by atoms with E-state index in [0.717, 1.165) is 6.07 Å². The Morgan fingerprint density at radius 3 is 2.27 bits per heavy atom. The van der Waals surface area contributed by atoms with Gasteiger partial charge in [0.15, 0.2) is 0 Å². The van der Waals surface area contributed by atoms with Gasteiger partial charge in [0, 0.05) is 14.6 Å². The minimum absolute atomic E-state index is 0.00831. The van der Waals surface area contributed by atoms with Crippen LogP contribution >= 0.6 is 31.9 Å². The number of nitrogens with zero attached hydrogens (tertiary/aromatic N) is 2. The van der Waals surface area contributed by atoms with E-state index in [2.05, 4.69) is 31.9 Å². The Morgan fingerprint density at radius 1 is 1.23 bits per heavy atom. The fraction of sp³-hybridized carbons (Fsp3) is 0.214. The van der Waals surface area contributed by atoms with Crippen LogP contribution in [0.1, 0.15) is 22.4 Å². The highest BCUT2D eigenvalue weighted by Gasteiger charge is 2.36. The summed E-state index contributed by atoms with van der Waals surface area (Å²) in [6.07, 6.45) is -4.56. The van der Waals surface area contributed by atoms with E-state index in [-0.39, 0.29) is 26.0 Å². The summed E-state index contributed by atoms with van der Waals surface area (Å²) in [6.45, 7) is 3.28. The van der Waals surface area contributed by atoms with E-state index in [1.165, 1.54) is 10.6 Å². The molecule has 2 N–H and O–H groups in total. The van der Waals surface area contributed by atoms with Crippen molar-refractivity contribution in [2.24, 2.45) is 0 Å². The summed E-state index contributed by atoms with van der Waals surface area (Å²) in [4.78, 5) is 0. The Kier molecular flexibility index (Phi) is 4.33. The van der Waals surface area contributed by atoms with Crippen molar-refractivity contribution in [3.05, 3.63) is 43.5 Å². The Hall–Kier alpha value is -1.46. The highest BCUT2D eigenvalue weighted by molar-refractivity contribution is 9.11. The molecule has 2 aromatic rings. The van der Waals surface area contributed by atoms with Crippen molar-refractivity contribution in [2.75, 3.05) is 5.73 Å². The molecule has 1 aromatic heterocycles. The standard InChI is InChI=1S/C14H10Br2F3N3/c1-6-7(2)22(13(21)9(6)5-20)12-10(14(17,18)19)3-8(15)4-11(12)16/h3-4H,21H2,1-2H3. The van der Waals surface area contributed by atoms with Crippen molar-refractivity contribution in [1.29, 1.82) is 5.26 Å². The van der Waals surface area contributed by atoms with E-state index in [0.29, 0.717) is 11.3 Å². The molecule has 0 bridgehead atoms. The van der Waals surface area contributed by atoms with Gasteiger partial charge < -0.3 is 5.73 Å². The third-order valence-electron chi connectivity index (χ3n) is 3.42. The number of halogens is 5. The van der Waals surface area contributed by atoms with Gasteiger partial charge in [0.25, 0.3) is 0 Å². The lowest BCUT2D eigenvalue weighted by Crippen LogP contribution is -2.14. The van der Waals surface area contributed by atoms with E-state index in [1.807, 2.05) is 6.07 Å².